The Morgan fingerprint density at radius 1 is 1.10 bits per heavy atom. The lowest BCUT2D eigenvalue weighted by Crippen LogP contribution is -2.27. The van der Waals surface area contributed by atoms with Gasteiger partial charge in [0.25, 0.3) is 5.91 Å². The highest BCUT2D eigenvalue weighted by molar-refractivity contribution is 9.10. The van der Waals surface area contributed by atoms with E-state index in [1.807, 2.05) is 12.1 Å². The second-order valence-electron chi connectivity index (χ2n) is 6.28. The van der Waals surface area contributed by atoms with E-state index < -0.39 is 10.0 Å². The standard InChI is InChI=1S/C20H25BrN2O5S/c1-5-23-29(25,26)15-7-6-13(2)16(11-15)20(24)22-9-8-14-10-18(27-3)19(28-4)12-17(14)21/h6-7,10-12,23H,5,8-9H2,1-4H3,(H,22,24). The molecule has 0 heterocycles. The first-order chi connectivity index (χ1) is 13.7. The van der Waals surface area contributed by atoms with Gasteiger partial charge in [-0.05, 0) is 48.7 Å². The number of hydrogen-bond donors (Lipinski definition) is 2. The maximum absolute atomic E-state index is 12.6. The summed E-state index contributed by atoms with van der Waals surface area (Å²) in [6.07, 6.45) is 0.557. The molecule has 2 aromatic rings. The molecule has 0 fully saturated rings. The summed E-state index contributed by atoms with van der Waals surface area (Å²) >= 11 is 3.50. The van der Waals surface area contributed by atoms with Gasteiger partial charge in [-0.15, -0.1) is 0 Å². The zero-order valence-electron chi connectivity index (χ0n) is 16.8. The van der Waals surface area contributed by atoms with Crippen molar-refractivity contribution in [3.63, 3.8) is 0 Å². The fourth-order valence-corrected chi connectivity index (χ4v) is 4.37. The maximum atomic E-state index is 12.6. The Kier molecular flexibility index (Phi) is 8.06. The van der Waals surface area contributed by atoms with Crippen LogP contribution >= 0.6 is 15.9 Å². The van der Waals surface area contributed by atoms with Crippen molar-refractivity contribution < 1.29 is 22.7 Å². The van der Waals surface area contributed by atoms with Crippen molar-refractivity contribution in [1.29, 1.82) is 0 Å². The highest BCUT2D eigenvalue weighted by Crippen LogP contribution is 2.33. The van der Waals surface area contributed by atoms with E-state index >= 15 is 0 Å². The molecule has 2 aromatic carbocycles. The van der Waals surface area contributed by atoms with Crippen LogP contribution in [0.2, 0.25) is 0 Å². The SMILES string of the molecule is CCNS(=O)(=O)c1ccc(C)c(C(=O)NCCc2cc(OC)c(OC)cc2Br)c1. The topological polar surface area (TPSA) is 93.7 Å². The van der Waals surface area contributed by atoms with Crippen LogP contribution in [-0.2, 0) is 16.4 Å². The van der Waals surface area contributed by atoms with Gasteiger partial charge < -0.3 is 14.8 Å². The van der Waals surface area contributed by atoms with Gasteiger partial charge in [0.15, 0.2) is 11.5 Å². The molecule has 2 N–H and O–H groups in total. The highest BCUT2D eigenvalue weighted by atomic mass is 79.9. The van der Waals surface area contributed by atoms with Crippen LogP contribution in [-0.4, -0.2) is 41.6 Å². The van der Waals surface area contributed by atoms with E-state index in [2.05, 4.69) is 26.0 Å². The Bertz CT molecular complexity index is 993. The Hall–Kier alpha value is -2.10. The van der Waals surface area contributed by atoms with Crippen molar-refractivity contribution in [1.82, 2.24) is 10.0 Å². The summed E-state index contributed by atoms with van der Waals surface area (Å²) in [5, 5.41) is 2.85. The molecule has 2 rings (SSSR count). The van der Waals surface area contributed by atoms with Crippen molar-refractivity contribution in [3.05, 3.63) is 51.5 Å². The zero-order chi connectivity index (χ0) is 21.6. The summed E-state index contributed by atoms with van der Waals surface area (Å²) in [4.78, 5) is 12.7. The zero-order valence-corrected chi connectivity index (χ0v) is 19.2. The average molecular weight is 485 g/mol. The Morgan fingerprint density at radius 2 is 1.76 bits per heavy atom. The lowest BCUT2D eigenvalue weighted by Gasteiger charge is -2.13. The summed E-state index contributed by atoms with van der Waals surface area (Å²) in [7, 11) is -0.498. The second kappa shape index (κ2) is 10.1. The Labute approximate surface area is 180 Å². The van der Waals surface area contributed by atoms with Crippen LogP contribution in [0, 0.1) is 6.92 Å². The number of carbonyl (C=O) groups excluding carboxylic acids is 1. The largest absolute Gasteiger partial charge is 0.493 e. The summed E-state index contributed by atoms with van der Waals surface area (Å²) < 4.78 is 38.2. The molecular weight excluding hydrogens is 460 g/mol. The molecule has 0 aromatic heterocycles. The van der Waals surface area contributed by atoms with E-state index in [1.54, 1.807) is 34.1 Å². The van der Waals surface area contributed by atoms with Crippen molar-refractivity contribution in [2.75, 3.05) is 27.3 Å². The quantitative estimate of drug-likeness (QED) is 0.570. The van der Waals surface area contributed by atoms with E-state index in [9.17, 15) is 13.2 Å². The van der Waals surface area contributed by atoms with E-state index in [4.69, 9.17) is 9.47 Å². The molecule has 0 aliphatic carbocycles. The van der Waals surface area contributed by atoms with Gasteiger partial charge in [-0.25, -0.2) is 13.1 Å². The number of benzene rings is 2. The molecule has 1 amide bonds. The Balaban J connectivity index is 2.12. The van der Waals surface area contributed by atoms with Crippen LogP contribution in [0.25, 0.3) is 0 Å². The normalized spacial score (nSPS) is 11.2. The third-order valence-electron chi connectivity index (χ3n) is 4.33. The summed E-state index contributed by atoms with van der Waals surface area (Å²) in [5.41, 5.74) is 1.98. The maximum Gasteiger partial charge on any atom is 0.251 e. The fraction of sp³-hybridized carbons (Fsp3) is 0.350. The van der Waals surface area contributed by atoms with Crippen molar-refractivity contribution in [2.45, 2.75) is 25.2 Å². The predicted molar refractivity (Wildman–Crippen MR) is 115 cm³/mol. The summed E-state index contributed by atoms with van der Waals surface area (Å²) in [6, 6.07) is 8.18. The first-order valence-corrected chi connectivity index (χ1v) is 11.3. The van der Waals surface area contributed by atoms with Gasteiger partial charge in [0, 0.05) is 23.1 Å². The van der Waals surface area contributed by atoms with E-state index in [1.165, 1.54) is 12.1 Å². The minimum Gasteiger partial charge on any atom is -0.493 e. The molecule has 9 heteroatoms. The van der Waals surface area contributed by atoms with Gasteiger partial charge in [-0.1, -0.05) is 28.9 Å². The van der Waals surface area contributed by atoms with Gasteiger partial charge in [0.05, 0.1) is 19.1 Å². The molecular formula is C20H25BrN2O5S. The number of carbonyl (C=O) groups is 1. The van der Waals surface area contributed by atoms with Crippen LogP contribution in [0.1, 0.15) is 28.4 Å². The average Bonchev–Trinajstić information content (AvgIpc) is 2.68. The number of sulfonamides is 1. The first kappa shape index (κ1) is 23.2. The molecule has 0 saturated carbocycles. The van der Waals surface area contributed by atoms with E-state index in [0.29, 0.717) is 35.6 Å². The number of nitrogens with one attached hydrogen (secondary N) is 2. The minimum atomic E-state index is -3.63. The second-order valence-corrected chi connectivity index (χ2v) is 8.90. The minimum absolute atomic E-state index is 0.0673. The number of amides is 1. The molecule has 0 aliphatic rings. The van der Waals surface area contributed by atoms with Gasteiger partial charge >= 0.3 is 0 Å². The number of hydrogen-bond acceptors (Lipinski definition) is 5. The molecule has 0 aliphatic heterocycles. The molecule has 158 valence electrons. The lowest BCUT2D eigenvalue weighted by atomic mass is 10.1. The lowest BCUT2D eigenvalue weighted by molar-refractivity contribution is 0.0953. The first-order valence-electron chi connectivity index (χ1n) is 9.02. The predicted octanol–water partition coefficient (Wildman–Crippen LogP) is 3.05. The Morgan fingerprint density at radius 3 is 2.38 bits per heavy atom. The van der Waals surface area contributed by atoms with Gasteiger partial charge in [0.1, 0.15) is 0 Å². The molecule has 7 nitrogen and oxygen atoms in total. The molecule has 29 heavy (non-hydrogen) atoms. The molecule has 0 atom stereocenters. The molecule has 0 unspecified atom stereocenters. The number of methoxy groups -OCH3 is 2. The number of rotatable bonds is 9. The highest BCUT2D eigenvalue weighted by Gasteiger charge is 2.17. The van der Waals surface area contributed by atoms with Crippen LogP contribution in [0.5, 0.6) is 11.5 Å². The molecule has 0 bridgehead atoms. The van der Waals surface area contributed by atoms with E-state index in [0.717, 1.165) is 10.0 Å². The third kappa shape index (κ3) is 5.71. The molecule has 0 saturated heterocycles. The third-order valence-corrected chi connectivity index (χ3v) is 6.61. The van der Waals surface area contributed by atoms with Crippen molar-refractivity contribution in [2.24, 2.45) is 0 Å². The van der Waals surface area contributed by atoms with Gasteiger partial charge in [-0.2, -0.15) is 0 Å². The monoisotopic (exact) mass is 484 g/mol. The van der Waals surface area contributed by atoms with Gasteiger partial charge in [0.2, 0.25) is 10.0 Å². The van der Waals surface area contributed by atoms with Crippen molar-refractivity contribution in [3.8, 4) is 11.5 Å². The van der Waals surface area contributed by atoms with Crippen molar-refractivity contribution >= 4 is 31.9 Å². The summed E-state index contributed by atoms with van der Waals surface area (Å²) in [6.45, 7) is 4.11. The molecule has 0 radical (unpaired) electrons. The number of ether oxygens (including phenoxy) is 2. The van der Waals surface area contributed by atoms with Crippen LogP contribution in [0.3, 0.4) is 0 Å². The van der Waals surface area contributed by atoms with E-state index in [-0.39, 0.29) is 17.3 Å². The number of halogens is 1. The van der Waals surface area contributed by atoms with Crippen LogP contribution < -0.4 is 19.5 Å². The fourth-order valence-electron chi connectivity index (χ4n) is 2.78. The smallest absolute Gasteiger partial charge is 0.251 e. The van der Waals surface area contributed by atoms with Gasteiger partial charge in [-0.3, -0.25) is 4.79 Å². The summed E-state index contributed by atoms with van der Waals surface area (Å²) in [5.74, 6) is 0.892. The van der Waals surface area contributed by atoms with Crippen LogP contribution in [0.4, 0.5) is 0 Å². The van der Waals surface area contributed by atoms with Crippen LogP contribution in [0.15, 0.2) is 39.7 Å². The molecule has 0 spiro atoms. The number of aryl methyl sites for hydroxylation is 1.